The van der Waals surface area contributed by atoms with E-state index >= 15 is 0 Å². The average molecular weight is 232 g/mol. The lowest BCUT2D eigenvalue weighted by Crippen LogP contribution is -2.21. The first kappa shape index (κ1) is 14.2. The van der Waals surface area contributed by atoms with Gasteiger partial charge in [-0.05, 0) is 12.8 Å². The molecule has 0 aliphatic rings. The molecule has 0 aromatic heterocycles. The lowest BCUT2D eigenvalue weighted by atomic mass is 10.0. The van der Waals surface area contributed by atoms with Crippen molar-refractivity contribution in [2.75, 3.05) is 6.61 Å². The van der Waals surface area contributed by atoms with Gasteiger partial charge in [0.1, 0.15) is 0 Å². The van der Waals surface area contributed by atoms with E-state index in [4.69, 9.17) is 4.43 Å². The molecule has 82 valence electrons. The topological polar surface area (TPSA) is 26.3 Å². The summed E-state index contributed by atoms with van der Waals surface area (Å²) in [6.07, 6.45) is 3.44. The van der Waals surface area contributed by atoms with Crippen LogP contribution in [-0.2, 0) is 9.22 Å². The van der Waals surface area contributed by atoms with Crippen LogP contribution in [0.1, 0.15) is 40.0 Å². The number of hydrogen-bond donors (Lipinski definition) is 1. The van der Waals surface area contributed by atoms with E-state index in [0.29, 0.717) is 12.5 Å². The monoisotopic (exact) mass is 232 g/mol. The predicted octanol–water partition coefficient (Wildman–Crippen LogP) is 2.71. The van der Waals surface area contributed by atoms with Crippen LogP contribution in [0.3, 0.4) is 0 Å². The molecule has 2 nitrogen and oxygen atoms in total. The molecular formula is C10H20O2SSi. The van der Waals surface area contributed by atoms with Crippen molar-refractivity contribution in [2.45, 2.75) is 45.6 Å². The van der Waals surface area contributed by atoms with Gasteiger partial charge < -0.3 is 4.43 Å². The molecule has 0 saturated heterocycles. The van der Waals surface area contributed by atoms with Crippen LogP contribution in [-0.4, -0.2) is 21.5 Å². The van der Waals surface area contributed by atoms with Gasteiger partial charge in [0.05, 0.1) is 0 Å². The van der Waals surface area contributed by atoms with Crippen LogP contribution in [0.2, 0.25) is 5.54 Å². The standard InChI is InChI=1S/C10H20O2SSi/c1-4-6-7-8(3)9(10(11)13)14-12-5-2/h8-9H,4-7H2,1-3H3,(H,11,13). The van der Waals surface area contributed by atoms with Gasteiger partial charge in [0.25, 0.3) is 0 Å². The molecule has 0 aromatic carbocycles. The molecule has 0 aromatic rings. The second-order valence-corrected chi connectivity index (χ2v) is 5.07. The van der Waals surface area contributed by atoms with Gasteiger partial charge in [-0.1, -0.05) is 33.1 Å². The highest BCUT2D eigenvalue weighted by atomic mass is 32.1. The van der Waals surface area contributed by atoms with E-state index < -0.39 is 0 Å². The fourth-order valence-electron chi connectivity index (χ4n) is 1.28. The summed E-state index contributed by atoms with van der Waals surface area (Å²) >= 11 is 3.92. The summed E-state index contributed by atoms with van der Waals surface area (Å²) in [5.41, 5.74) is -0.00941. The molecular weight excluding hydrogens is 212 g/mol. The zero-order chi connectivity index (χ0) is 11.0. The fourth-order valence-corrected chi connectivity index (χ4v) is 2.53. The van der Waals surface area contributed by atoms with Crippen molar-refractivity contribution in [3.8, 4) is 0 Å². The summed E-state index contributed by atoms with van der Waals surface area (Å²) in [6, 6.07) is 0. The van der Waals surface area contributed by atoms with Crippen LogP contribution in [0, 0.1) is 5.92 Å². The van der Waals surface area contributed by atoms with Crippen molar-refractivity contribution >= 4 is 27.5 Å². The van der Waals surface area contributed by atoms with Crippen molar-refractivity contribution < 1.29 is 9.22 Å². The summed E-state index contributed by atoms with van der Waals surface area (Å²) < 4.78 is 5.32. The van der Waals surface area contributed by atoms with Crippen molar-refractivity contribution in [3.63, 3.8) is 0 Å². The second-order valence-electron chi connectivity index (χ2n) is 3.49. The Balaban J connectivity index is 3.97. The Hall–Kier alpha value is 0.197. The van der Waals surface area contributed by atoms with Gasteiger partial charge in [-0.15, -0.1) is 12.6 Å². The van der Waals surface area contributed by atoms with E-state index in [1.165, 1.54) is 12.8 Å². The Bertz CT molecular complexity index is 164. The van der Waals surface area contributed by atoms with E-state index in [-0.39, 0.29) is 20.4 Å². The first-order valence-electron chi connectivity index (χ1n) is 5.23. The number of rotatable bonds is 8. The maximum atomic E-state index is 11.2. The van der Waals surface area contributed by atoms with Gasteiger partial charge in [0.2, 0.25) is 9.76 Å². The maximum absolute atomic E-state index is 11.2. The summed E-state index contributed by atoms with van der Waals surface area (Å²) in [7, 11) is 0.269. The molecule has 2 radical (unpaired) electrons. The highest BCUT2D eigenvalue weighted by Gasteiger charge is 2.23. The molecule has 0 spiro atoms. The molecule has 0 heterocycles. The summed E-state index contributed by atoms with van der Waals surface area (Å²) in [5.74, 6) is 0.393. The molecule has 2 atom stereocenters. The van der Waals surface area contributed by atoms with Crippen molar-refractivity contribution in [2.24, 2.45) is 5.92 Å². The Morgan fingerprint density at radius 1 is 1.50 bits per heavy atom. The van der Waals surface area contributed by atoms with Gasteiger partial charge in [-0.2, -0.15) is 0 Å². The third kappa shape index (κ3) is 5.83. The van der Waals surface area contributed by atoms with Crippen LogP contribution in [0.4, 0.5) is 0 Å². The fraction of sp³-hybridized carbons (Fsp3) is 0.900. The van der Waals surface area contributed by atoms with Crippen molar-refractivity contribution in [3.05, 3.63) is 0 Å². The smallest absolute Gasteiger partial charge is 0.242 e. The summed E-state index contributed by atoms with van der Waals surface area (Å²) in [6.45, 7) is 6.90. The summed E-state index contributed by atoms with van der Waals surface area (Å²) in [4.78, 5) is 11.2. The Morgan fingerprint density at radius 3 is 2.57 bits per heavy atom. The largest absolute Gasteiger partial charge is 0.417 e. The molecule has 0 rings (SSSR count). The lowest BCUT2D eigenvalue weighted by Gasteiger charge is -2.18. The van der Waals surface area contributed by atoms with Crippen LogP contribution in [0.5, 0.6) is 0 Å². The minimum absolute atomic E-state index is 0.00941. The second kappa shape index (κ2) is 8.50. The average Bonchev–Trinajstić information content (AvgIpc) is 2.14. The molecule has 4 heteroatoms. The summed E-state index contributed by atoms with van der Waals surface area (Å²) in [5, 5.41) is -0.0274. The van der Waals surface area contributed by atoms with E-state index in [9.17, 15) is 4.79 Å². The molecule has 0 saturated carbocycles. The zero-order valence-electron chi connectivity index (χ0n) is 9.25. The van der Waals surface area contributed by atoms with Gasteiger partial charge in [0.15, 0.2) is 5.12 Å². The van der Waals surface area contributed by atoms with Crippen LogP contribution < -0.4 is 0 Å². The predicted molar refractivity (Wildman–Crippen MR) is 63.8 cm³/mol. The van der Waals surface area contributed by atoms with E-state index in [1.54, 1.807) is 0 Å². The molecule has 14 heavy (non-hydrogen) atoms. The van der Waals surface area contributed by atoms with Crippen molar-refractivity contribution in [1.82, 2.24) is 0 Å². The minimum atomic E-state index is -0.0274. The van der Waals surface area contributed by atoms with Crippen LogP contribution >= 0.6 is 12.6 Å². The maximum Gasteiger partial charge on any atom is 0.242 e. The highest BCUT2D eigenvalue weighted by Crippen LogP contribution is 2.25. The van der Waals surface area contributed by atoms with E-state index in [0.717, 1.165) is 6.42 Å². The Labute approximate surface area is 95.2 Å². The van der Waals surface area contributed by atoms with Crippen LogP contribution in [0.15, 0.2) is 0 Å². The number of carbonyl (C=O) groups excluding carboxylic acids is 1. The SMILES string of the molecule is CCCCC(C)C([Si]OCC)C(=O)S. The molecule has 2 unspecified atom stereocenters. The minimum Gasteiger partial charge on any atom is -0.417 e. The van der Waals surface area contributed by atoms with Gasteiger partial charge in [-0.3, -0.25) is 4.79 Å². The molecule has 0 bridgehead atoms. The number of unbranched alkanes of at least 4 members (excludes halogenated alkanes) is 1. The number of carbonyl (C=O) groups is 1. The first-order valence-corrected chi connectivity index (χ1v) is 6.66. The van der Waals surface area contributed by atoms with E-state index in [2.05, 4.69) is 26.5 Å². The molecule has 0 N–H and O–H groups in total. The Morgan fingerprint density at radius 2 is 2.14 bits per heavy atom. The van der Waals surface area contributed by atoms with Gasteiger partial charge in [0, 0.05) is 12.1 Å². The zero-order valence-corrected chi connectivity index (χ0v) is 11.1. The van der Waals surface area contributed by atoms with Gasteiger partial charge >= 0.3 is 0 Å². The molecule has 0 aliphatic carbocycles. The number of hydrogen-bond acceptors (Lipinski definition) is 2. The number of thiol groups is 1. The van der Waals surface area contributed by atoms with Gasteiger partial charge in [-0.25, -0.2) is 0 Å². The first-order chi connectivity index (χ1) is 6.63. The third-order valence-electron chi connectivity index (χ3n) is 2.20. The van der Waals surface area contributed by atoms with Crippen LogP contribution in [0.25, 0.3) is 0 Å². The lowest BCUT2D eigenvalue weighted by molar-refractivity contribution is -0.111. The third-order valence-corrected chi connectivity index (χ3v) is 4.26. The quantitative estimate of drug-likeness (QED) is 0.514. The Kier molecular flexibility index (Phi) is 8.62. The normalized spacial score (nSPS) is 15.1. The molecule has 0 amide bonds. The molecule has 0 aliphatic heterocycles. The molecule has 0 fully saturated rings. The van der Waals surface area contributed by atoms with Crippen molar-refractivity contribution in [1.29, 1.82) is 0 Å². The van der Waals surface area contributed by atoms with E-state index in [1.807, 2.05) is 6.92 Å². The highest BCUT2D eigenvalue weighted by molar-refractivity contribution is 7.96.